The van der Waals surface area contributed by atoms with E-state index in [0.29, 0.717) is 0 Å². The maximum atomic E-state index is 5.41. The van der Waals surface area contributed by atoms with Crippen LogP contribution in [-0.2, 0) is 13.1 Å². The van der Waals surface area contributed by atoms with Gasteiger partial charge in [-0.05, 0) is 19.2 Å². The molecule has 5 nitrogen and oxygen atoms in total. The van der Waals surface area contributed by atoms with E-state index in [0.717, 1.165) is 35.1 Å². The summed E-state index contributed by atoms with van der Waals surface area (Å²) in [6.45, 7) is 1.58. The SMILES string of the molecule is COc1ccccc1-c1ncc(CN(C)Cc2cnccn2)s1. The highest BCUT2D eigenvalue weighted by atomic mass is 32.1. The smallest absolute Gasteiger partial charge is 0.129 e. The highest BCUT2D eigenvalue weighted by molar-refractivity contribution is 7.15. The van der Waals surface area contributed by atoms with Gasteiger partial charge in [0, 0.05) is 42.8 Å². The monoisotopic (exact) mass is 326 g/mol. The summed E-state index contributed by atoms with van der Waals surface area (Å²) in [5, 5.41) is 0.977. The van der Waals surface area contributed by atoms with Gasteiger partial charge in [-0.3, -0.25) is 14.9 Å². The van der Waals surface area contributed by atoms with E-state index in [2.05, 4.69) is 26.9 Å². The van der Waals surface area contributed by atoms with Crippen LogP contribution in [0.4, 0.5) is 0 Å². The lowest BCUT2D eigenvalue weighted by Crippen LogP contribution is -2.17. The van der Waals surface area contributed by atoms with E-state index in [1.807, 2.05) is 30.5 Å². The highest BCUT2D eigenvalue weighted by Gasteiger charge is 2.11. The third kappa shape index (κ3) is 3.91. The number of nitrogens with zero attached hydrogens (tertiary/aromatic N) is 4. The van der Waals surface area contributed by atoms with Gasteiger partial charge < -0.3 is 4.74 Å². The molecule has 0 saturated carbocycles. The van der Waals surface area contributed by atoms with Crippen LogP contribution in [0.1, 0.15) is 10.6 Å². The summed E-state index contributed by atoms with van der Waals surface area (Å²) in [6.07, 6.45) is 7.13. The molecule has 2 heterocycles. The van der Waals surface area contributed by atoms with E-state index in [9.17, 15) is 0 Å². The lowest BCUT2D eigenvalue weighted by Gasteiger charge is -2.14. The van der Waals surface area contributed by atoms with Crippen LogP contribution in [0.2, 0.25) is 0 Å². The quantitative estimate of drug-likeness (QED) is 0.696. The van der Waals surface area contributed by atoms with Crippen molar-refractivity contribution in [2.45, 2.75) is 13.1 Å². The Morgan fingerprint density at radius 1 is 1.09 bits per heavy atom. The predicted octanol–water partition coefficient (Wildman–Crippen LogP) is 3.24. The summed E-state index contributed by atoms with van der Waals surface area (Å²) >= 11 is 1.69. The van der Waals surface area contributed by atoms with E-state index < -0.39 is 0 Å². The summed E-state index contributed by atoms with van der Waals surface area (Å²) in [5.74, 6) is 0.848. The molecule has 0 amide bonds. The zero-order chi connectivity index (χ0) is 16.1. The molecule has 1 aromatic carbocycles. The molecule has 0 bridgehead atoms. The Hall–Kier alpha value is -2.31. The van der Waals surface area contributed by atoms with E-state index >= 15 is 0 Å². The van der Waals surface area contributed by atoms with Crippen LogP contribution in [0.15, 0.2) is 49.1 Å². The van der Waals surface area contributed by atoms with Gasteiger partial charge in [-0.25, -0.2) is 4.98 Å². The Morgan fingerprint density at radius 2 is 1.96 bits per heavy atom. The van der Waals surface area contributed by atoms with Gasteiger partial charge in [-0.15, -0.1) is 11.3 Å². The molecule has 0 radical (unpaired) electrons. The van der Waals surface area contributed by atoms with E-state index in [-0.39, 0.29) is 0 Å². The molecule has 3 aromatic rings. The van der Waals surface area contributed by atoms with Crippen LogP contribution < -0.4 is 4.74 Å². The summed E-state index contributed by atoms with van der Waals surface area (Å²) in [4.78, 5) is 16.3. The minimum atomic E-state index is 0.760. The number of benzene rings is 1. The van der Waals surface area contributed by atoms with Crippen LogP contribution in [0.25, 0.3) is 10.6 Å². The maximum absolute atomic E-state index is 5.41. The minimum absolute atomic E-state index is 0.760. The molecule has 0 aliphatic heterocycles. The van der Waals surface area contributed by atoms with Crippen molar-refractivity contribution in [3.8, 4) is 16.3 Å². The molecular formula is C17H18N4OS. The van der Waals surface area contributed by atoms with Gasteiger partial charge in [0.15, 0.2) is 0 Å². The third-order valence-electron chi connectivity index (χ3n) is 3.37. The van der Waals surface area contributed by atoms with E-state index in [4.69, 9.17) is 4.74 Å². The summed E-state index contributed by atoms with van der Waals surface area (Å²) < 4.78 is 5.41. The van der Waals surface area contributed by atoms with Gasteiger partial charge in [-0.1, -0.05) is 12.1 Å². The van der Waals surface area contributed by atoms with Gasteiger partial charge in [0.1, 0.15) is 10.8 Å². The normalized spacial score (nSPS) is 10.9. The largest absolute Gasteiger partial charge is 0.496 e. The van der Waals surface area contributed by atoms with Crippen LogP contribution in [0, 0.1) is 0 Å². The minimum Gasteiger partial charge on any atom is -0.496 e. The van der Waals surface area contributed by atoms with Crippen molar-refractivity contribution in [3.05, 3.63) is 59.6 Å². The van der Waals surface area contributed by atoms with Crippen LogP contribution in [-0.4, -0.2) is 34.0 Å². The first-order chi connectivity index (χ1) is 11.3. The summed E-state index contributed by atoms with van der Waals surface area (Å²) in [5.41, 5.74) is 1.99. The fourth-order valence-electron chi connectivity index (χ4n) is 2.34. The predicted molar refractivity (Wildman–Crippen MR) is 91.3 cm³/mol. The Bertz CT molecular complexity index is 760. The van der Waals surface area contributed by atoms with Crippen molar-refractivity contribution in [1.82, 2.24) is 19.9 Å². The number of ether oxygens (including phenoxy) is 1. The van der Waals surface area contributed by atoms with E-state index in [1.54, 1.807) is 37.0 Å². The molecule has 2 aromatic heterocycles. The molecular weight excluding hydrogens is 308 g/mol. The van der Waals surface area contributed by atoms with Gasteiger partial charge >= 0.3 is 0 Å². The number of thiazole rings is 1. The number of aromatic nitrogens is 3. The van der Waals surface area contributed by atoms with Crippen LogP contribution in [0.3, 0.4) is 0 Å². The average Bonchev–Trinajstić information content (AvgIpc) is 3.03. The molecule has 0 fully saturated rings. The molecule has 23 heavy (non-hydrogen) atoms. The topological polar surface area (TPSA) is 51.1 Å². The van der Waals surface area contributed by atoms with Crippen molar-refractivity contribution in [2.75, 3.05) is 14.2 Å². The van der Waals surface area contributed by atoms with Crippen LogP contribution >= 0.6 is 11.3 Å². The van der Waals surface area contributed by atoms with Crippen molar-refractivity contribution >= 4 is 11.3 Å². The second kappa shape index (κ2) is 7.30. The van der Waals surface area contributed by atoms with Crippen molar-refractivity contribution < 1.29 is 4.74 Å². The number of para-hydroxylation sites is 1. The molecule has 0 spiro atoms. The molecule has 0 unspecified atom stereocenters. The molecule has 0 saturated heterocycles. The van der Waals surface area contributed by atoms with Gasteiger partial charge in [0.2, 0.25) is 0 Å². The molecule has 6 heteroatoms. The highest BCUT2D eigenvalue weighted by Crippen LogP contribution is 2.32. The first-order valence-electron chi connectivity index (χ1n) is 7.28. The zero-order valence-corrected chi connectivity index (χ0v) is 14.0. The number of rotatable bonds is 6. The van der Waals surface area contributed by atoms with Gasteiger partial charge in [-0.2, -0.15) is 0 Å². The second-order valence-corrected chi connectivity index (χ2v) is 6.32. The number of methoxy groups -OCH3 is 1. The standard InChI is InChI=1S/C17H18N4OS/c1-21(11-13-9-18-7-8-19-13)12-14-10-20-17(23-14)15-5-3-4-6-16(15)22-2/h3-10H,11-12H2,1-2H3. The molecule has 0 N–H and O–H groups in total. The van der Waals surface area contributed by atoms with Crippen molar-refractivity contribution in [1.29, 1.82) is 0 Å². The van der Waals surface area contributed by atoms with Crippen LogP contribution in [0.5, 0.6) is 5.75 Å². The number of hydrogen-bond acceptors (Lipinski definition) is 6. The average molecular weight is 326 g/mol. The fourth-order valence-corrected chi connectivity index (χ4v) is 3.36. The maximum Gasteiger partial charge on any atom is 0.129 e. The summed E-state index contributed by atoms with van der Waals surface area (Å²) in [6, 6.07) is 7.95. The second-order valence-electron chi connectivity index (χ2n) is 5.20. The Kier molecular flexibility index (Phi) is 4.95. The summed E-state index contributed by atoms with van der Waals surface area (Å²) in [7, 11) is 3.75. The van der Waals surface area contributed by atoms with Gasteiger partial charge in [0.05, 0.1) is 18.4 Å². The zero-order valence-electron chi connectivity index (χ0n) is 13.1. The molecule has 0 atom stereocenters. The van der Waals surface area contributed by atoms with E-state index in [1.165, 1.54) is 4.88 Å². The van der Waals surface area contributed by atoms with Gasteiger partial charge in [0.25, 0.3) is 0 Å². The lowest BCUT2D eigenvalue weighted by atomic mass is 10.2. The number of hydrogen-bond donors (Lipinski definition) is 0. The first kappa shape index (κ1) is 15.6. The van der Waals surface area contributed by atoms with Crippen molar-refractivity contribution in [2.24, 2.45) is 0 Å². The Morgan fingerprint density at radius 3 is 2.74 bits per heavy atom. The Balaban J connectivity index is 1.70. The fraction of sp³-hybridized carbons (Fsp3) is 0.235. The molecule has 118 valence electrons. The molecule has 0 aliphatic carbocycles. The van der Waals surface area contributed by atoms with Crippen molar-refractivity contribution in [3.63, 3.8) is 0 Å². The Labute approximate surface area is 139 Å². The molecule has 0 aliphatic rings. The third-order valence-corrected chi connectivity index (χ3v) is 4.38. The lowest BCUT2D eigenvalue weighted by molar-refractivity contribution is 0.317. The first-order valence-corrected chi connectivity index (χ1v) is 8.09. The molecule has 3 rings (SSSR count).